The van der Waals surface area contributed by atoms with Gasteiger partial charge >= 0.3 is 18.1 Å². The average Bonchev–Trinajstić information content (AvgIpc) is 2.73. The molecule has 7 nitrogen and oxygen atoms in total. The Labute approximate surface area is 160 Å². The first kappa shape index (κ1) is 18.7. The van der Waals surface area contributed by atoms with Gasteiger partial charge in [0, 0.05) is 0 Å². The Morgan fingerprint density at radius 2 is 1.14 bits per heavy atom. The molecule has 0 aliphatic rings. The SMILES string of the molecule is O=C(Oc1ccccc1)Oc1ccccc1C(=O)OOC(=O)c1ccccc1. The van der Waals surface area contributed by atoms with Crippen molar-refractivity contribution in [2.24, 2.45) is 0 Å². The van der Waals surface area contributed by atoms with Gasteiger partial charge in [0.05, 0.1) is 5.56 Å². The predicted molar refractivity (Wildman–Crippen MR) is 96.8 cm³/mol. The Bertz CT molecular complexity index is 968. The molecule has 0 radical (unpaired) electrons. The lowest BCUT2D eigenvalue weighted by Gasteiger charge is -2.09. The van der Waals surface area contributed by atoms with Crippen molar-refractivity contribution in [1.29, 1.82) is 0 Å². The van der Waals surface area contributed by atoms with Crippen LogP contribution in [0.1, 0.15) is 20.7 Å². The molecule has 0 aliphatic carbocycles. The fourth-order valence-electron chi connectivity index (χ4n) is 2.16. The maximum absolute atomic E-state index is 12.2. The zero-order chi connectivity index (χ0) is 19.8. The Kier molecular flexibility index (Phi) is 5.99. The van der Waals surface area contributed by atoms with E-state index in [1.807, 2.05) is 0 Å². The van der Waals surface area contributed by atoms with Crippen molar-refractivity contribution in [2.75, 3.05) is 0 Å². The molecular weight excluding hydrogens is 364 g/mol. The standard InChI is InChI=1S/C21H14O7/c22-19(15-9-3-1-4-10-15)27-28-20(23)17-13-7-8-14-18(17)26-21(24)25-16-11-5-2-6-12-16/h1-14H. The van der Waals surface area contributed by atoms with Crippen molar-refractivity contribution >= 4 is 18.1 Å². The molecule has 0 fully saturated rings. The van der Waals surface area contributed by atoms with Gasteiger partial charge in [0.2, 0.25) is 0 Å². The molecule has 0 amide bonds. The van der Waals surface area contributed by atoms with E-state index in [4.69, 9.17) is 9.47 Å². The largest absolute Gasteiger partial charge is 0.519 e. The van der Waals surface area contributed by atoms with E-state index < -0.39 is 18.1 Å². The molecule has 0 bridgehead atoms. The van der Waals surface area contributed by atoms with Crippen molar-refractivity contribution in [3.05, 3.63) is 96.1 Å². The average molecular weight is 378 g/mol. The van der Waals surface area contributed by atoms with Crippen LogP contribution in [-0.2, 0) is 9.78 Å². The third kappa shape index (κ3) is 4.95. The summed E-state index contributed by atoms with van der Waals surface area (Å²) in [4.78, 5) is 45.1. The highest BCUT2D eigenvalue weighted by atomic mass is 17.2. The first-order valence-corrected chi connectivity index (χ1v) is 8.15. The molecule has 3 aromatic rings. The molecule has 7 heteroatoms. The Morgan fingerprint density at radius 3 is 1.86 bits per heavy atom. The van der Waals surface area contributed by atoms with Gasteiger partial charge < -0.3 is 9.47 Å². The van der Waals surface area contributed by atoms with E-state index >= 15 is 0 Å². The topological polar surface area (TPSA) is 88.1 Å². The molecule has 3 aromatic carbocycles. The summed E-state index contributed by atoms with van der Waals surface area (Å²) >= 11 is 0. The molecule has 0 saturated heterocycles. The lowest BCUT2D eigenvalue weighted by Crippen LogP contribution is -2.17. The van der Waals surface area contributed by atoms with Crippen LogP contribution in [0.5, 0.6) is 11.5 Å². The van der Waals surface area contributed by atoms with Gasteiger partial charge in [-0.25, -0.2) is 24.2 Å². The lowest BCUT2D eigenvalue weighted by molar-refractivity contribution is -0.187. The number of rotatable bonds is 4. The molecule has 0 atom stereocenters. The van der Waals surface area contributed by atoms with Crippen LogP contribution in [0.4, 0.5) is 4.79 Å². The number of para-hydroxylation sites is 2. The summed E-state index contributed by atoms with van der Waals surface area (Å²) in [6.07, 6.45) is -1.03. The van der Waals surface area contributed by atoms with Crippen molar-refractivity contribution in [3.63, 3.8) is 0 Å². The van der Waals surface area contributed by atoms with E-state index in [0.29, 0.717) is 0 Å². The normalized spacial score (nSPS) is 9.86. The second kappa shape index (κ2) is 9.00. The van der Waals surface area contributed by atoms with Gasteiger partial charge in [0.15, 0.2) is 0 Å². The predicted octanol–water partition coefficient (Wildman–Crippen LogP) is 4.19. The highest BCUT2D eigenvalue weighted by Gasteiger charge is 2.20. The van der Waals surface area contributed by atoms with Gasteiger partial charge in [-0.05, 0) is 36.4 Å². The smallest absolute Gasteiger partial charge is 0.395 e. The Hall–Kier alpha value is -4.13. The summed E-state index contributed by atoms with van der Waals surface area (Å²) < 4.78 is 10.1. The molecular formula is C21H14O7. The maximum Gasteiger partial charge on any atom is 0.519 e. The van der Waals surface area contributed by atoms with Gasteiger partial charge in [-0.1, -0.05) is 48.5 Å². The number of carbonyl (C=O) groups excluding carboxylic acids is 3. The number of ether oxygens (including phenoxy) is 2. The quantitative estimate of drug-likeness (QED) is 0.291. The van der Waals surface area contributed by atoms with Crippen molar-refractivity contribution in [2.45, 2.75) is 0 Å². The summed E-state index contributed by atoms with van der Waals surface area (Å²) in [5.41, 5.74) is 0.0969. The molecule has 0 aromatic heterocycles. The zero-order valence-corrected chi connectivity index (χ0v) is 14.4. The van der Waals surface area contributed by atoms with E-state index in [0.717, 1.165) is 0 Å². The highest BCUT2D eigenvalue weighted by Crippen LogP contribution is 2.20. The minimum absolute atomic E-state index is 0.107. The fraction of sp³-hybridized carbons (Fsp3) is 0. The molecule has 28 heavy (non-hydrogen) atoms. The number of benzene rings is 3. The lowest BCUT2D eigenvalue weighted by atomic mass is 10.2. The second-order valence-corrected chi connectivity index (χ2v) is 5.37. The van der Waals surface area contributed by atoms with Gasteiger partial charge in [-0.2, -0.15) is 0 Å². The van der Waals surface area contributed by atoms with Crippen molar-refractivity contribution in [1.82, 2.24) is 0 Å². The van der Waals surface area contributed by atoms with Crippen LogP contribution in [0.15, 0.2) is 84.9 Å². The third-order valence-electron chi connectivity index (χ3n) is 3.45. The monoisotopic (exact) mass is 378 g/mol. The van der Waals surface area contributed by atoms with Crippen molar-refractivity contribution < 1.29 is 33.6 Å². The first-order chi connectivity index (χ1) is 13.6. The van der Waals surface area contributed by atoms with Gasteiger partial charge in [0.25, 0.3) is 0 Å². The van der Waals surface area contributed by atoms with Crippen LogP contribution in [0.3, 0.4) is 0 Å². The summed E-state index contributed by atoms with van der Waals surface area (Å²) in [6.45, 7) is 0. The second-order valence-electron chi connectivity index (χ2n) is 5.37. The third-order valence-corrected chi connectivity index (χ3v) is 3.45. The summed E-state index contributed by atoms with van der Waals surface area (Å²) in [6, 6.07) is 22.1. The van der Waals surface area contributed by atoms with Crippen LogP contribution in [-0.4, -0.2) is 18.1 Å². The number of hydrogen-bond donors (Lipinski definition) is 0. The van der Waals surface area contributed by atoms with E-state index in [2.05, 4.69) is 9.78 Å². The summed E-state index contributed by atoms with van der Waals surface area (Å²) in [5.74, 6) is -1.67. The van der Waals surface area contributed by atoms with Crippen LogP contribution in [0.2, 0.25) is 0 Å². The molecule has 0 N–H and O–H groups in total. The van der Waals surface area contributed by atoms with Gasteiger partial charge in [-0.3, -0.25) is 0 Å². The van der Waals surface area contributed by atoms with Crippen molar-refractivity contribution in [3.8, 4) is 11.5 Å². The molecule has 0 heterocycles. The fourth-order valence-corrected chi connectivity index (χ4v) is 2.16. The zero-order valence-electron chi connectivity index (χ0n) is 14.4. The Balaban J connectivity index is 1.63. The van der Waals surface area contributed by atoms with E-state index in [9.17, 15) is 14.4 Å². The molecule has 140 valence electrons. The summed E-state index contributed by atoms with van der Waals surface area (Å²) in [7, 11) is 0. The van der Waals surface area contributed by atoms with Gasteiger partial charge in [0.1, 0.15) is 17.1 Å². The molecule has 0 aliphatic heterocycles. The molecule has 0 unspecified atom stereocenters. The first-order valence-electron chi connectivity index (χ1n) is 8.15. The minimum Gasteiger partial charge on any atom is -0.395 e. The minimum atomic E-state index is -1.03. The van der Waals surface area contributed by atoms with Crippen LogP contribution in [0, 0.1) is 0 Å². The Morgan fingerprint density at radius 1 is 0.571 bits per heavy atom. The molecule has 0 saturated carbocycles. The van der Waals surface area contributed by atoms with E-state index in [1.54, 1.807) is 54.6 Å². The van der Waals surface area contributed by atoms with E-state index in [1.165, 1.54) is 30.3 Å². The van der Waals surface area contributed by atoms with E-state index in [-0.39, 0.29) is 22.6 Å². The number of hydrogen-bond acceptors (Lipinski definition) is 7. The number of carbonyl (C=O) groups is 3. The van der Waals surface area contributed by atoms with Gasteiger partial charge in [-0.15, -0.1) is 0 Å². The van der Waals surface area contributed by atoms with Crippen LogP contribution >= 0.6 is 0 Å². The maximum atomic E-state index is 12.2. The van der Waals surface area contributed by atoms with Crippen LogP contribution < -0.4 is 9.47 Å². The van der Waals surface area contributed by atoms with Crippen LogP contribution in [0.25, 0.3) is 0 Å². The highest BCUT2D eigenvalue weighted by molar-refractivity contribution is 5.94. The molecule has 0 spiro atoms. The molecule has 3 rings (SSSR count). The summed E-state index contributed by atoms with van der Waals surface area (Å²) in [5, 5.41) is 0.